The summed E-state index contributed by atoms with van der Waals surface area (Å²) >= 11 is 0. The standard InChI is InChI=1S/C17H18N4O4/c1-2-17-9-20(7-8-21(17)16(24)25-10-17)15(23)13-18-12-6-4-3-5-11(12)14(22)19-13/h3-6H,2,7-10H2,1H3,(H,18,19,22). The lowest BCUT2D eigenvalue weighted by molar-refractivity contribution is 0.0352. The van der Waals surface area contributed by atoms with E-state index in [9.17, 15) is 14.4 Å². The molecule has 8 nitrogen and oxygen atoms in total. The van der Waals surface area contributed by atoms with E-state index in [1.54, 1.807) is 34.1 Å². The van der Waals surface area contributed by atoms with Gasteiger partial charge in [-0.2, -0.15) is 0 Å². The maximum Gasteiger partial charge on any atom is 0.410 e. The number of fused-ring (bicyclic) bond motifs is 2. The Hall–Kier alpha value is -2.90. The number of piperazine rings is 1. The van der Waals surface area contributed by atoms with Crippen molar-refractivity contribution in [1.29, 1.82) is 0 Å². The molecule has 1 N–H and O–H groups in total. The van der Waals surface area contributed by atoms with Crippen molar-refractivity contribution in [2.24, 2.45) is 0 Å². The van der Waals surface area contributed by atoms with Crippen LogP contribution in [0.1, 0.15) is 24.0 Å². The molecule has 130 valence electrons. The number of carbonyl (C=O) groups excluding carboxylic acids is 2. The van der Waals surface area contributed by atoms with E-state index in [0.717, 1.165) is 0 Å². The number of carbonyl (C=O) groups is 2. The molecule has 2 amide bonds. The highest BCUT2D eigenvalue weighted by Gasteiger charge is 2.50. The van der Waals surface area contributed by atoms with Crippen LogP contribution < -0.4 is 5.56 Å². The summed E-state index contributed by atoms with van der Waals surface area (Å²) in [4.78, 5) is 47.1. The van der Waals surface area contributed by atoms with Crippen molar-refractivity contribution < 1.29 is 14.3 Å². The summed E-state index contributed by atoms with van der Waals surface area (Å²) in [6.07, 6.45) is 0.357. The van der Waals surface area contributed by atoms with E-state index >= 15 is 0 Å². The van der Waals surface area contributed by atoms with Crippen LogP contribution in [-0.4, -0.2) is 63.5 Å². The molecule has 2 aliphatic rings. The van der Waals surface area contributed by atoms with Gasteiger partial charge >= 0.3 is 6.09 Å². The molecule has 2 saturated heterocycles. The average molecular weight is 342 g/mol. The van der Waals surface area contributed by atoms with Crippen LogP contribution in [-0.2, 0) is 4.74 Å². The molecule has 0 spiro atoms. The minimum atomic E-state index is -0.498. The topological polar surface area (TPSA) is 95.6 Å². The Labute approximate surface area is 143 Å². The molecule has 25 heavy (non-hydrogen) atoms. The van der Waals surface area contributed by atoms with E-state index in [1.807, 2.05) is 6.92 Å². The fourth-order valence-corrected chi connectivity index (χ4v) is 3.58. The summed E-state index contributed by atoms with van der Waals surface area (Å²) in [5.41, 5.74) is -0.350. The van der Waals surface area contributed by atoms with Crippen molar-refractivity contribution in [1.82, 2.24) is 19.8 Å². The van der Waals surface area contributed by atoms with Crippen LogP contribution in [0.5, 0.6) is 0 Å². The van der Waals surface area contributed by atoms with Gasteiger partial charge in [0.05, 0.1) is 16.4 Å². The number of benzene rings is 1. The van der Waals surface area contributed by atoms with Crippen LogP contribution in [0.3, 0.4) is 0 Å². The van der Waals surface area contributed by atoms with Gasteiger partial charge in [-0.1, -0.05) is 19.1 Å². The van der Waals surface area contributed by atoms with Gasteiger partial charge < -0.3 is 14.6 Å². The molecule has 0 aliphatic carbocycles. The molecule has 2 fully saturated rings. The Kier molecular flexibility index (Phi) is 3.48. The molecule has 0 bridgehead atoms. The number of aromatic nitrogens is 2. The third-order valence-electron chi connectivity index (χ3n) is 5.10. The SMILES string of the molecule is CCC12COC(=O)N1CCN(C(=O)c1nc3ccccc3c(=O)[nH]1)C2. The predicted octanol–water partition coefficient (Wildman–Crippen LogP) is 0.980. The van der Waals surface area contributed by atoms with Crippen LogP contribution >= 0.6 is 0 Å². The lowest BCUT2D eigenvalue weighted by Crippen LogP contribution is -2.62. The highest BCUT2D eigenvalue weighted by Crippen LogP contribution is 2.32. The monoisotopic (exact) mass is 342 g/mol. The van der Waals surface area contributed by atoms with E-state index in [1.165, 1.54) is 0 Å². The van der Waals surface area contributed by atoms with Gasteiger partial charge in [-0.05, 0) is 18.6 Å². The molecule has 1 unspecified atom stereocenters. The molecule has 1 aromatic heterocycles. The Morgan fingerprint density at radius 3 is 2.92 bits per heavy atom. The number of hydrogen-bond acceptors (Lipinski definition) is 5. The lowest BCUT2D eigenvalue weighted by Gasteiger charge is -2.43. The zero-order chi connectivity index (χ0) is 17.6. The van der Waals surface area contributed by atoms with Crippen LogP contribution in [0.4, 0.5) is 4.79 Å². The van der Waals surface area contributed by atoms with Gasteiger partial charge in [-0.25, -0.2) is 9.78 Å². The molecule has 0 radical (unpaired) electrons. The second-order valence-electron chi connectivity index (χ2n) is 6.44. The van der Waals surface area contributed by atoms with Crippen molar-refractivity contribution in [3.8, 4) is 0 Å². The number of H-pyrrole nitrogens is 1. The third-order valence-corrected chi connectivity index (χ3v) is 5.10. The van der Waals surface area contributed by atoms with E-state index in [2.05, 4.69) is 9.97 Å². The van der Waals surface area contributed by atoms with Crippen molar-refractivity contribution in [2.45, 2.75) is 18.9 Å². The number of nitrogens with zero attached hydrogens (tertiary/aromatic N) is 3. The first kappa shape index (κ1) is 15.6. The first-order chi connectivity index (χ1) is 12.0. The molecule has 2 aromatic rings. The van der Waals surface area contributed by atoms with Gasteiger partial charge in [0.15, 0.2) is 5.82 Å². The number of para-hydroxylation sites is 1. The van der Waals surface area contributed by atoms with Crippen molar-refractivity contribution in [3.05, 3.63) is 40.4 Å². The molecular weight excluding hydrogens is 324 g/mol. The largest absolute Gasteiger partial charge is 0.447 e. The smallest absolute Gasteiger partial charge is 0.410 e. The van der Waals surface area contributed by atoms with Crippen molar-refractivity contribution in [3.63, 3.8) is 0 Å². The quantitative estimate of drug-likeness (QED) is 0.878. The van der Waals surface area contributed by atoms with Gasteiger partial charge in [-0.3, -0.25) is 14.5 Å². The van der Waals surface area contributed by atoms with Gasteiger partial charge in [-0.15, -0.1) is 0 Å². The highest BCUT2D eigenvalue weighted by atomic mass is 16.6. The van der Waals surface area contributed by atoms with Crippen LogP contribution in [0.15, 0.2) is 29.1 Å². The maximum atomic E-state index is 12.9. The van der Waals surface area contributed by atoms with E-state index in [4.69, 9.17) is 4.74 Å². The molecule has 4 rings (SSSR count). The van der Waals surface area contributed by atoms with Gasteiger partial charge in [0, 0.05) is 19.6 Å². The highest BCUT2D eigenvalue weighted by molar-refractivity contribution is 5.93. The zero-order valence-corrected chi connectivity index (χ0v) is 13.8. The summed E-state index contributed by atoms with van der Waals surface area (Å²) in [6.45, 7) is 3.40. The second kappa shape index (κ2) is 5.58. The predicted molar refractivity (Wildman–Crippen MR) is 89.3 cm³/mol. The molecule has 1 atom stereocenters. The Bertz CT molecular complexity index is 924. The van der Waals surface area contributed by atoms with Crippen LogP contribution in [0.25, 0.3) is 10.9 Å². The van der Waals surface area contributed by atoms with E-state index < -0.39 is 5.54 Å². The number of ether oxygens (including phenoxy) is 1. The number of amides is 2. The first-order valence-electron chi connectivity index (χ1n) is 8.27. The van der Waals surface area contributed by atoms with E-state index in [-0.39, 0.29) is 30.0 Å². The Morgan fingerprint density at radius 2 is 2.12 bits per heavy atom. The maximum absolute atomic E-state index is 12.9. The molecule has 3 heterocycles. The third kappa shape index (κ3) is 2.36. The van der Waals surface area contributed by atoms with Gasteiger partial charge in [0.25, 0.3) is 11.5 Å². The number of aromatic amines is 1. The van der Waals surface area contributed by atoms with Crippen LogP contribution in [0, 0.1) is 0 Å². The fraction of sp³-hybridized carbons (Fsp3) is 0.412. The molecule has 0 saturated carbocycles. The number of rotatable bonds is 2. The minimum Gasteiger partial charge on any atom is -0.447 e. The van der Waals surface area contributed by atoms with Crippen molar-refractivity contribution >= 4 is 22.9 Å². The van der Waals surface area contributed by atoms with Gasteiger partial charge in [0.2, 0.25) is 0 Å². The summed E-state index contributed by atoms with van der Waals surface area (Å²) in [5, 5.41) is 0.448. The second-order valence-corrected chi connectivity index (χ2v) is 6.44. The Balaban J connectivity index is 1.66. The number of cyclic esters (lactones) is 1. The zero-order valence-electron chi connectivity index (χ0n) is 13.8. The summed E-state index contributed by atoms with van der Waals surface area (Å²) in [5.74, 6) is -0.316. The van der Waals surface area contributed by atoms with E-state index in [0.29, 0.717) is 37.0 Å². The van der Waals surface area contributed by atoms with Crippen LogP contribution in [0.2, 0.25) is 0 Å². The molecule has 1 aromatic carbocycles. The normalized spacial score (nSPS) is 22.8. The molecular formula is C17H18N4O4. The summed E-state index contributed by atoms with van der Waals surface area (Å²) < 4.78 is 5.18. The average Bonchev–Trinajstić information content (AvgIpc) is 2.98. The minimum absolute atomic E-state index is 0.0219. The van der Waals surface area contributed by atoms with Crippen molar-refractivity contribution in [2.75, 3.05) is 26.2 Å². The molecule has 2 aliphatic heterocycles. The summed E-state index contributed by atoms with van der Waals surface area (Å²) in [6, 6.07) is 6.90. The Morgan fingerprint density at radius 1 is 1.32 bits per heavy atom. The first-order valence-corrected chi connectivity index (χ1v) is 8.27. The van der Waals surface area contributed by atoms with Gasteiger partial charge in [0.1, 0.15) is 6.61 Å². The summed E-state index contributed by atoms with van der Waals surface area (Å²) in [7, 11) is 0. The molecule has 8 heteroatoms. The number of hydrogen-bond donors (Lipinski definition) is 1. The lowest BCUT2D eigenvalue weighted by atomic mass is 9.93. The number of nitrogens with one attached hydrogen (secondary N) is 1. The fourth-order valence-electron chi connectivity index (χ4n) is 3.58.